The molecule has 0 unspecified atom stereocenters. The van der Waals surface area contributed by atoms with E-state index in [2.05, 4.69) is 30.9 Å². The number of hydrogen-bond donors (Lipinski definition) is 2. The van der Waals surface area contributed by atoms with Crippen LogP contribution in [-0.4, -0.2) is 66.3 Å². The highest BCUT2D eigenvalue weighted by atomic mass is 79.9. The number of alkyl halides is 1. The maximum absolute atomic E-state index is 11.4. The van der Waals surface area contributed by atoms with Crippen molar-refractivity contribution in [2.24, 2.45) is 0 Å². The number of fused-ring (bicyclic) bond motifs is 1. The number of carbonyl (C=O) groups is 2. The highest BCUT2D eigenvalue weighted by Crippen LogP contribution is 2.38. The van der Waals surface area contributed by atoms with Gasteiger partial charge in [0.2, 0.25) is 0 Å². The summed E-state index contributed by atoms with van der Waals surface area (Å²) < 4.78 is 17.6. The Kier molecular flexibility index (Phi) is 5.58. The fourth-order valence-electron chi connectivity index (χ4n) is 2.86. The molecule has 0 aromatic carbocycles. The lowest BCUT2D eigenvalue weighted by Gasteiger charge is -2.24. The maximum Gasteiger partial charge on any atom is 0.303 e. The first-order valence-corrected chi connectivity index (χ1v) is 8.92. The monoisotopic (exact) mass is 443 g/mol. The van der Waals surface area contributed by atoms with Crippen molar-refractivity contribution < 1.29 is 28.9 Å². The topological polar surface area (TPSA) is 152 Å². The van der Waals surface area contributed by atoms with Crippen LogP contribution >= 0.6 is 15.9 Å². The predicted molar refractivity (Wildman–Crippen MR) is 94.6 cm³/mol. The van der Waals surface area contributed by atoms with Crippen molar-refractivity contribution in [3.63, 3.8) is 0 Å². The van der Waals surface area contributed by atoms with Crippen molar-refractivity contribution in [2.75, 3.05) is 12.3 Å². The fourth-order valence-corrected chi connectivity index (χ4v) is 3.54. The van der Waals surface area contributed by atoms with E-state index in [9.17, 15) is 14.7 Å². The van der Waals surface area contributed by atoms with Crippen LogP contribution in [0.3, 0.4) is 0 Å². The third kappa shape index (κ3) is 3.87. The number of aliphatic hydroxyl groups excluding tert-OH is 1. The predicted octanol–water partition coefficient (Wildman–Crippen LogP) is -0.0749. The number of nitrogen functional groups attached to an aromatic ring is 1. The molecular weight excluding hydrogens is 426 g/mol. The van der Waals surface area contributed by atoms with Crippen LogP contribution in [0.15, 0.2) is 12.7 Å². The summed E-state index contributed by atoms with van der Waals surface area (Å²) >= 11 is 3.40. The van der Waals surface area contributed by atoms with Crippen molar-refractivity contribution in [1.82, 2.24) is 19.5 Å². The van der Waals surface area contributed by atoms with Gasteiger partial charge >= 0.3 is 11.9 Å². The van der Waals surface area contributed by atoms with Crippen molar-refractivity contribution >= 4 is 44.9 Å². The number of aliphatic hydroxyl groups is 1. The van der Waals surface area contributed by atoms with Gasteiger partial charge in [-0.05, 0) is 0 Å². The Balaban J connectivity index is 1.88. The molecule has 3 heterocycles. The highest BCUT2D eigenvalue weighted by Gasteiger charge is 2.48. The Morgan fingerprint density at radius 1 is 1.37 bits per heavy atom. The minimum atomic E-state index is -1.06. The average molecular weight is 444 g/mol. The van der Waals surface area contributed by atoms with Gasteiger partial charge in [-0.2, -0.15) is 0 Å². The zero-order valence-electron chi connectivity index (χ0n) is 14.5. The molecule has 27 heavy (non-hydrogen) atoms. The number of carbonyl (C=O) groups excluding carboxylic acids is 2. The van der Waals surface area contributed by atoms with Crippen LogP contribution in [0, 0.1) is 0 Å². The van der Waals surface area contributed by atoms with Crippen molar-refractivity contribution in [3.8, 4) is 0 Å². The van der Waals surface area contributed by atoms with Crippen molar-refractivity contribution in [2.45, 2.75) is 43.2 Å². The average Bonchev–Trinajstić information content (AvgIpc) is 3.15. The smallest absolute Gasteiger partial charge is 0.303 e. The van der Waals surface area contributed by atoms with E-state index in [0.717, 1.165) is 0 Å². The number of ether oxygens (including phenoxy) is 3. The lowest BCUT2D eigenvalue weighted by Crippen LogP contribution is -2.42. The molecule has 11 nitrogen and oxygen atoms in total. The second-order valence-electron chi connectivity index (χ2n) is 5.96. The second kappa shape index (κ2) is 7.74. The lowest BCUT2D eigenvalue weighted by molar-refractivity contribution is -0.171. The van der Waals surface area contributed by atoms with Crippen LogP contribution in [0.1, 0.15) is 20.1 Å². The molecular formula is C15H18BrN5O6. The van der Waals surface area contributed by atoms with E-state index in [0.29, 0.717) is 11.2 Å². The molecule has 12 heteroatoms. The number of esters is 2. The highest BCUT2D eigenvalue weighted by molar-refractivity contribution is 9.09. The molecule has 1 saturated heterocycles. The molecule has 0 bridgehead atoms. The maximum atomic E-state index is 11.4. The number of anilines is 1. The molecule has 3 N–H and O–H groups in total. The summed E-state index contributed by atoms with van der Waals surface area (Å²) in [6, 6.07) is 0. The van der Waals surface area contributed by atoms with Crippen molar-refractivity contribution in [3.05, 3.63) is 12.7 Å². The summed E-state index contributed by atoms with van der Waals surface area (Å²) in [5, 5.41) is 10.6. The van der Waals surface area contributed by atoms with E-state index >= 15 is 0 Å². The number of nitrogens with two attached hydrogens (primary N) is 1. The van der Waals surface area contributed by atoms with E-state index in [1.54, 1.807) is 4.57 Å². The molecule has 3 rings (SSSR count). The molecule has 1 aliphatic heterocycles. The quantitative estimate of drug-likeness (QED) is 0.473. The molecule has 1 aliphatic rings. The molecule has 0 saturated carbocycles. The van der Waals surface area contributed by atoms with Gasteiger partial charge < -0.3 is 25.1 Å². The SMILES string of the molecule is CC(=O)OC[C@@H](OC(C)=O)[C@H]1O[C@@H](n2cnc3c(N)ncnc32)[C@H](Br)[C@H]1O. The molecule has 0 radical (unpaired) electrons. The van der Waals surface area contributed by atoms with Crippen LogP contribution in [0.25, 0.3) is 11.2 Å². The van der Waals surface area contributed by atoms with Gasteiger partial charge in [0.1, 0.15) is 30.7 Å². The number of aromatic nitrogens is 4. The molecule has 0 amide bonds. The Labute approximate surface area is 162 Å². The molecule has 1 fully saturated rings. The van der Waals surface area contributed by atoms with Gasteiger partial charge in [0.05, 0.1) is 11.2 Å². The summed E-state index contributed by atoms with van der Waals surface area (Å²) in [5.74, 6) is -0.918. The minimum Gasteiger partial charge on any atom is -0.462 e. The van der Waals surface area contributed by atoms with E-state index in [-0.39, 0.29) is 12.4 Å². The number of imidazole rings is 1. The normalized spacial score (nSPS) is 26.1. The van der Waals surface area contributed by atoms with Crippen LogP contribution in [0.4, 0.5) is 5.82 Å². The molecule has 146 valence electrons. The standard InChI is InChI=1S/C15H18BrN5O6/c1-6(22)25-3-8(26-7(2)23)12-11(24)9(16)15(27-12)21-5-20-10-13(17)18-4-19-14(10)21/h4-5,8-9,11-12,15,24H,3H2,1-2H3,(H2,17,18,19)/t8-,9-,11-,12-,15-/m1/s1. The Hall–Kier alpha value is -2.31. The summed E-state index contributed by atoms with van der Waals surface area (Å²) in [4.78, 5) is 34.2. The van der Waals surface area contributed by atoms with Gasteiger partial charge in [0.15, 0.2) is 23.8 Å². The first-order chi connectivity index (χ1) is 12.8. The zero-order chi connectivity index (χ0) is 19.7. The van der Waals surface area contributed by atoms with Gasteiger partial charge in [-0.1, -0.05) is 15.9 Å². The van der Waals surface area contributed by atoms with Gasteiger partial charge in [-0.25, -0.2) is 15.0 Å². The van der Waals surface area contributed by atoms with Gasteiger partial charge in [-0.15, -0.1) is 0 Å². The lowest BCUT2D eigenvalue weighted by atomic mass is 10.1. The molecule has 0 aliphatic carbocycles. The number of nitrogens with zero attached hydrogens (tertiary/aromatic N) is 4. The third-order valence-corrected chi connectivity index (χ3v) is 5.02. The number of halogens is 1. The minimum absolute atomic E-state index is 0.215. The second-order valence-corrected chi connectivity index (χ2v) is 7.02. The first-order valence-electron chi connectivity index (χ1n) is 8.00. The number of hydrogen-bond acceptors (Lipinski definition) is 10. The molecule has 5 atom stereocenters. The van der Waals surface area contributed by atoms with E-state index < -0.39 is 41.3 Å². The van der Waals surface area contributed by atoms with Gasteiger partial charge in [-0.3, -0.25) is 14.2 Å². The van der Waals surface area contributed by atoms with E-state index in [4.69, 9.17) is 19.9 Å². The van der Waals surface area contributed by atoms with Crippen LogP contribution < -0.4 is 5.73 Å². The van der Waals surface area contributed by atoms with Crippen LogP contribution in [0.2, 0.25) is 0 Å². The van der Waals surface area contributed by atoms with E-state index in [1.165, 1.54) is 26.5 Å². The van der Waals surface area contributed by atoms with E-state index in [1.807, 2.05) is 0 Å². The summed E-state index contributed by atoms with van der Waals surface area (Å²) in [6.45, 7) is 2.20. The van der Waals surface area contributed by atoms with Crippen LogP contribution in [-0.2, 0) is 23.8 Å². The van der Waals surface area contributed by atoms with Crippen LogP contribution in [0.5, 0.6) is 0 Å². The Morgan fingerprint density at radius 3 is 2.78 bits per heavy atom. The fraction of sp³-hybridized carbons (Fsp3) is 0.533. The Morgan fingerprint density at radius 2 is 2.11 bits per heavy atom. The summed E-state index contributed by atoms with van der Waals surface area (Å²) in [5.41, 5.74) is 6.62. The Bertz CT molecular complexity index is 860. The summed E-state index contributed by atoms with van der Waals surface area (Å²) in [7, 11) is 0. The molecule has 2 aromatic rings. The largest absolute Gasteiger partial charge is 0.462 e. The molecule has 2 aromatic heterocycles. The van der Waals surface area contributed by atoms with Gasteiger partial charge in [0.25, 0.3) is 0 Å². The third-order valence-electron chi connectivity index (χ3n) is 4.03. The summed E-state index contributed by atoms with van der Waals surface area (Å²) in [6.07, 6.45) is -0.951. The van der Waals surface area contributed by atoms with Gasteiger partial charge in [0, 0.05) is 13.8 Å². The zero-order valence-corrected chi connectivity index (χ0v) is 16.1. The first kappa shape index (κ1) is 19.5. The molecule has 0 spiro atoms. The number of rotatable bonds is 5. The van der Waals surface area contributed by atoms with Crippen molar-refractivity contribution in [1.29, 1.82) is 0 Å².